The van der Waals surface area contributed by atoms with Gasteiger partial charge in [-0.25, -0.2) is 4.79 Å². The first kappa shape index (κ1) is 27.8. The molecule has 0 radical (unpaired) electrons. The summed E-state index contributed by atoms with van der Waals surface area (Å²) in [5.74, 6) is -0.780. The number of hydrogen-bond donors (Lipinski definition) is 1. The fourth-order valence-electron chi connectivity index (χ4n) is 3.18. The van der Waals surface area contributed by atoms with Crippen LogP contribution in [0, 0.1) is 3.57 Å². The number of benzene rings is 2. The molecule has 0 spiro atoms. The topological polar surface area (TPSA) is 111 Å². The highest BCUT2D eigenvalue weighted by molar-refractivity contribution is 14.1. The van der Waals surface area contributed by atoms with Gasteiger partial charge in [-0.3, -0.25) is 19.3 Å². The van der Waals surface area contributed by atoms with Crippen molar-refractivity contribution in [3.63, 3.8) is 0 Å². The van der Waals surface area contributed by atoms with Crippen LogP contribution in [0.25, 0.3) is 6.08 Å². The maximum atomic E-state index is 12.9. The van der Waals surface area contributed by atoms with Gasteiger partial charge in [-0.15, -0.1) is 0 Å². The number of methoxy groups -OCH3 is 2. The van der Waals surface area contributed by atoms with Crippen LogP contribution in [0.1, 0.15) is 29.3 Å². The Morgan fingerprint density at radius 3 is 2.58 bits per heavy atom. The van der Waals surface area contributed by atoms with E-state index in [2.05, 4.69) is 27.9 Å². The van der Waals surface area contributed by atoms with Gasteiger partial charge >= 0.3 is 5.97 Å². The van der Waals surface area contributed by atoms with Gasteiger partial charge in [0.25, 0.3) is 11.1 Å². The molecule has 1 fully saturated rings. The van der Waals surface area contributed by atoms with Gasteiger partial charge in [-0.1, -0.05) is 18.5 Å². The monoisotopic (exact) mass is 644 g/mol. The van der Waals surface area contributed by atoms with Gasteiger partial charge < -0.3 is 19.5 Å². The lowest BCUT2D eigenvalue weighted by Crippen LogP contribution is -2.36. The molecule has 0 unspecified atom stereocenters. The number of nitrogens with one attached hydrogen (secondary N) is 1. The number of carbonyl (C=O) groups excluding carboxylic acids is 4. The third-order valence-corrected chi connectivity index (χ3v) is 6.87. The number of amides is 3. The summed E-state index contributed by atoms with van der Waals surface area (Å²) in [4.78, 5) is 51.1. The predicted octanol–water partition coefficient (Wildman–Crippen LogP) is 5.20. The SMILES string of the molecule is CCCOC(=O)c1cc(NC(=O)CN2C(=O)S/C(=C/c3cc(I)c(OC)c(OC)c3)C2=O)ccc1Cl. The van der Waals surface area contributed by atoms with Crippen LogP contribution in [0.5, 0.6) is 11.5 Å². The zero-order valence-corrected chi connectivity index (χ0v) is 23.3. The molecular weight excluding hydrogens is 623 g/mol. The van der Waals surface area contributed by atoms with E-state index in [9.17, 15) is 19.2 Å². The smallest absolute Gasteiger partial charge is 0.339 e. The molecule has 36 heavy (non-hydrogen) atoms. The van der Waals surface area contributed by atoms with Crippen LogP contribution >= 0.6 is 46.0 Å². The highest BCUT2D eigenvalue weighted by atomic mass is 127. The van der Waals surface area contributed by atoms with Crippen molar-refractivity contribution in [2.24, 2.45) is 0 Å². The first-order chi connectivity index (χ1) is 17.2. The Labute approximate surface area is 230 Å². The summed E-state index contributed by atoms with van der Waals surface area (Å²) >= 11 is 8.89. The molecule has 0 bridgehead atoms. The molecule has 1 aliphatic rings. The molecule has 3 amide bonds. The van der Waals surface area contributed by atoms with Crippen LogP contribution in [0.4, 0.5) is 10.5 Å². The molecule has 190 valence electrons. The predicted molar refractivity (Wildman–Crippen MR) is 146 cm³/mol. The van der Waals surface area contributed by atoms with E-state index < -0.39 is 29.6 Å². The lowest BCUT2D eigenvalue weighted by atomic mass is 10.2. The lowest BCUT2D eigenvalue weighted by molar-refractivity contribution is -0.127. The third-order valence-electron chi connectivity index (χ3n) is 4.84. The number of ether oxygens (including phenoxy) is 3. The van der Waals surface area contributed by atoms with Gasteiger partial charge in [0, 0.05) is 5.69 Å². The van der Waals surface area contributed by atoms with Gasteiger partial charge in [-0.2, -0.15) is 0 Å². The minimum absolute atomic E-state index is 0.0987. The van der Waals surface area contributed by atoms with Gasteiger partial charge in [0.1, 0.15) is 6.54 Å². The van der Waals surface area contributed by atoms with E-state index in [1.807, 2.05) is 6.92 Å². The molecule has 0 aromatic heterocycles. The van der Waals surface area contributed by atoms with E-state index in [1.165, 1.54) is 32.4 Å². The molecular formula is C24H22ClIN2O7S. The van der Waals surface area contributed by atoms with E-state index in [0.29, 0.717) is 23.5 Å². The van der Waals surface area contributed by atoms with Crippen LogP contribution in [0.2, 0.25) is 5.02 Å². The maximum absolute atomic E-state index is 12.9. The summed E-state index contributed by atoms with van der Waals surface area (Å²) in [6.45, 7) is 1.60. The zero-order chi connectivity index (χ0) is 26.4. The Balaban J connectivity index is 1.72. The van der Waals surface area contributed by atoms with Crippen molar-refractivity contribution in [2.75, 3.05) is 32.7 Å². The quantitative estimate of drug-likeness (QED) is 0.225. The molecule has 0 aliphatic carbocycles. The number of rotatable bonds is 9. The third kappa shape index (κ3) is 6.51. The van der Waals surface area contributed by atoms with Crippen molar-refractivity contribution >= 4 is 80.7 Å². The molecule has 1 aliphatic heterocycles. The van der Waals surface area contributed by atoms with E-state index in [4.69, 9.17) is 25.8 Å². The second-order valence-electron chi connectivity index (χ2n) is 7.38. The molecule has 1 saturated heterocycles. The fourth-order valence-corrected chi connectivity index (χ4v) is 5.06. The summed E-state index contributed by atoms with van der Waals surface area (Å²) in [5.41, 5.74) is 1.01. The van der Waals surface area contributed by atoms with Crippen molar-refractivity contribution in [3.05, 3.63) is 55.0 Å². The molecule has 2 aromatic rings. The molecule has 1 N–H and O–H groups in total. The normalized spacial score (nSPS) is 14.2. The average molecular weight is 645 g/mol. The number of anilines is 1. The van der Waals surface area contributed by atoms with E-state index in [0.717, 1.165) is 20.2 Å². The second-order valence-corrected chi connectivity index (χ2v) is 9.95. The largest absolute Gasteiger partial charge is 0.493 e. The summed E-state index contributed by atoms with van der Waals surface area (Å²) in [6.07, 6.45) is 2.21. The summed E-state index contributed by atoms with van der Waals surface area (Å²) < 4.78 is 16.5. The number of carbonyl (C=O) groups is 4. The van der Waals surface area contributed by atoms with Crippen LogP contribution in [-0.4, -0.2) is 55.3 Å². The number of halogens is 2. The standard InChI is InChI=1S/C24H22ClIN2O7S/c1-4-7-35-23(31)15-11-14(5-6-16(15)25)27-20(29)12-28-22(30)19(36-24(28)32)10-13-8-17(26)21(34-3)18(9-13)33-2/h5-6,8-11H,4,7,12H2,1-3H3,(H,27,29)/b19-10+. The Bertz CT molecular complexity index is 1250. The Morgan fingerprint density at radius 1 is 1.17 bits per heavy atom. The molecule has 0 saturated carbocycles. The van der Waals surface area contributed by atoms with Gasteiger partial charge in [-0.05, 0) is 82.7 Å². The molecule has 9 nitrogen and oxygen atoms in total. The maximum Gasteiger partial charge on any atom is 0.339 e. The van der Waals surface area contributed by atoms with E-state index >= 15 is 0 Å². The summed E-state index contributed by atoms with van der Waals surface area (Å²) in [7, 11) is 3.03. The number of imide groups is 1. The minimum atomic E-state index is -0.616. The molecule has 2 aromatic carbocycles. The Kier molecular flexibility index (Phi) is 9.63. The van der Waals surface area contributed by atoms with Crippen LogP contribution < -0.4 is 14.8 Å². The van der Waals surface area contributed by atoms with Crippen molar-refractivity contribution in [2.45, 2.75) is 13.3 Å². The fraction of sp³-hybridized carbons (Fsp3) is 0.250. The van der Waals surface area contributed by atoms with Gasteiger partial charge in [0.2, 0.25) is 5.91 Å². The minimum Gasteiger partial charge on any atom is -0.493 e. The van der Waals surface area contributed by atoms with Crippen molar-refractivity contribution in [1.29, 1.82) is 0 Å². The lowest BCUT2D eigenvalue weighted by Gasteiger charge is -2.13. The summed E-state index contributed by atoms with van der Waals surface area (Å²) in [5, 5.41) is 2.18. The van der Waals surface area contributed by atoms with Crippen LogP contribution in [0.15, 0.2) is 35.2 Å². The second kappa shape index (κ2) is 12.5. The number of nitrogens with zero attached hydrogens (tertiary/aromatic N) is 1. The molecule has 1 heterocycles. The average Bonchev–Trinajstić information content (AvgIpc) is 3.10. The van der Waals surface area contributed by atoms with Crippen molar-refractivity contribution in [3.8, 4) is 11.5 Å². The van der Waals surface area contributed by atoms with Crippen LogP contribution in [-0.2, 0) is 14.3 Å². The van der Waals surface area contributed by atoms with Gasteiger partial charge in [0.05, 0.1) is 39.9 Å². The zero-order valence-electron chi connectivity index (χ0n) is 19.6. The number of hydrogen-bond acceptors (Lipinski definition) is 8. The highest BCUT2D eigenvalue weighted by Gasteiger charge is 2.36. The molecule has 12 heteroatoms. The highest BCUT2D eigenvalue weighted by Crippen LogP contribution is 2.37. The number of esters is 1. The number of thioether (sulfide) groups is 1. The summed E-state index contributed by atoms with van der Waals surface area (Å²) in [6, 6.07) is 7.80. The van der Waals surface area contributed by atoms with Crippen molar-refractivity contribution in [1.82, 2.24) is 4.90 Å². The van der Waals surface area contributed by atoms with Gasteiger partial charge in [0.15, 0.2) is 11.5 Å². The Hall–Kier alpha value is -2.77. The van der Waals surface area contributed by atoms with Crippen LogP contribution in [0.3, 0.4) is 0 Å². The first-order valence-electron chi connectivity index (χ1n) is 10.6. The first-order valence-corrected chi connectivity index (χ1v) is 12.9. The molecule has 3 rings (SSSR count). The van der Waals surface area contributed by atoms with Crippen molar-refractivity contribution < 1.29 is 33.4 Å². The van der Waals surface area contributed by atoms with E-state index in [-0.39, 0.29) is 27.8 Å². The van der Waals surface area contributed by atoms with E-state index in [1.54, 1.807) is 18.2 Å². The Morgan fingerprint density at radius 2 is 1.92 bits per heavy atom. The molecule has 0 atom stereocenters.